The van der Waals surface area contributed by atoms with E-state index in [1.165, 1.54) is 6.07 Å². The Kier molecular flexibility index (Phi) is 3.85. The van der Waals surface area contributed by atoms with E-state index >= 15 is 0 Å². The van der Waals surface area contributed by atoms with Crippen LogP contribution in [0.1, 0.15) is 11.3 Å². The minimum absolute atomic E-state index is 0.325. The fourth-order valence-electron chi connectivity index (χ4n) is 1.75. The molecule has 100 valence electrons. The second kappa shape index (κ2) is 5.40. The molecule has 0 radical (unpaired) electrons. The Labute approximate surface area is 109 Å². The fraction of sp³-hybridized carbons (Fsp3) is 0.214. The van der Waals surface area contributed by atoms with E-state index < -0.39 is 11.9 Å². The van der Waals surface area contributed by atoms with Gasteiger partial charge in [0.05, 0.1) is 5.69 Å². The second-order valence-corrected chi connectivity index (χ2v) is 4.13. The number of rotatable bonds is 3. The molecule has 0 saturated heterocycles. The summed E-state index contributed by atoms with van der Waals surface area (Å²) in [6.07, 6.45) is -4.41. The summed E-state index contributed by atoms with van der Waals surface area (Å²) in [7, 11) is 1.84. The summed E-state index contributed by atoms with van der Waals surface area (Å²) in [6, 6.07) is 11.2. The number of halogens is 3. The van der Waals surface area contributed by atoms with Gasteiger partial charge in [0.25, 0.3) is 0 Å². The van der Waals surface area contributed by atoms with Crippen LogP contribution in [0.3, 0.4) is 0 Å². The molecule has 0 unspecified atom stereocenters. The van der Waals surface area contributed by atoms with Gasteiger partial charge in [0, 0.05) is 12.1 Å². The van der Waals surface area contributed by atoms with E-state index in [0.29, 0.717) is 11.3 Å². The van der Waals surface area contributed by atoms with E-state index in [1.54, 1.807) is 18.2 Å². The first-order chi connectivity index (χ1) is 9.00. The quantitative estimate of drug-likeness (QED) is 0.919. The normalized spacial score (nSPS) is 11.6. The summed E-state index contributed by atoms with van der Waals surface area (Å²) in [5, 5.41) is 3.01. The van der Waals surface area contributed by atoms with Gasteiger partial charge in [-0.15, -0.1) is 0 Å². The van der Waals surface area contributed by atoms with Crippen LogP contribution in [0.15, 0.2) is 42.5 Å². The van der Waals surface area contributed by atoms with E-state index in [2.05, 4.69) is 10.3 Å². The van der Waals surface area contributed by atoms with Crippen LogP contribution < -0.4 is 5.32 Å². The first-order valence-corrected chi connectivity index (χ1v) is 5.79. The van der Waals surface area contributed by atoms with Crippen LogP contribution in [0.2, 0.25) is 0 Å². The van der Waals surface area contributed by atoms with Gasteiger partial charge >= 0.3 is 6.18 Å². The maximum atomic E-state index is 12.6. The van der Waals surface area contributed by atoms with Crippen molar-refractivity contribution in [2.24, 2.45) is 0 Å². The molecule has 0 saturated carbocycles. The molecule has 0 bridgehead atoms. The van der Waals surface area contributed by atoms with E-state index in [0.717, 1.165) is 18.2 Å². The van der Waals surface area contributed by atoms with Crippen molar-refractivity contribution in [1.82, 2.24) is 10.3 Å². The molecule has 0 aliphatic rings. The molecule has 2 rings (SSSR count). The number of pyridine rings is 1. The maximum absolute atomic E-state index is 12.6. The minimum atomic E-state index is -4.41. The molecule has 0 atom stereocenters. The van der Waals surface area contributed by atoms with Gasteiger partial charge in [-0.1, -0.05) is 30.3 Å². The predicted molar refractivity (Wildman–Crippen MR) is 67.4 cm³/mol. The number of aromatic nitrogens is 1. The summed E-state index contributed by atoms with van der Waals surface area (Å²) in [6.45, 7) is 0.719. The Morgan fingerprint density at radius 2 is 1.74 bits per heavy atom. The highest BCUT2D eigenvalue weighted by atomic mass is 19.4. The third-order valence-electron chi connectivity index (χ3n) is 2.67. The molecule has 0 aliphatic carbocycles. The van der Waals surface area contributed by atoms with Gasteiger partial charge < -0.3 is 5.32 Å². The number of nitrogens with one attached hydrogen (secondary N) is 1. The molecule has 5 heteroatoms. The van der Waals surface area contributed by atoms with Crippen molar-refractivity contribution in [3.63, 3.8) is 0 Å². The standard InChI is InChI=1S/C14H13F3N2/c1-18-9-10-5-7-11(8-6-10)12-3-2-4-13(19-12)14(15,16)17/h2-8,18H,9H2,1H3. The lowest BCUT2D eigenvalue weighted by molar-refractivity contribution is -0.141. The molecule has 1 heterocycles. The fourth-order valence-corrected chi connectivity index (χ4v) is 1.75. The molecule has 0 amide bonds. The van der Waals surface area contributed by atoms with E-state index in [1.807, 2.05) is 19.2 Å². The van der Waals surface area contributed by atoms with Crippen molar-refractivity contribution < 1.29 is 13.2 Å². The van der Waals surface area contributed by atoms with Crippen molar-refractivity contribution >= 4 is 0 Å². The van der Waals surface area contributed by atoms with Gasteiger partial charge in [-0.2, -0.15) is 13.2 Å². The molecule has 0 fully saturated rings. The third-order valence-corrected chi connectivity index (χ3v) is 2.67. The lowest BCUT2D eigenvalue weighted by Gasteiger charge is -2.08. The predicted octanol–water partition coefficient (Wildman–Crippen LogP) is 3.49. The van der Waals surface area contributed by atoms with Crippen LogP contribution in [0, 0.1) is 0 Å². The Morgan fingerprint density at radius 3 is 2.32 bits per heavy atom. The van der Waals surface area contributed by atoms with Crippen LogP contribution >= 0.6 is 0 Å². The summed E-state index contributed by atoms with van der Waals surface area (Å²) >= 11 is 0. The third kappa shape index (κ3) is 3.32. The highest BCUT2D eigenvalue weighted by Gasteiger charge is 2.32. The van der Waals surface area contributed by atoms with Gasteiger partial charge in [-0.25, -0.2) is 4.98 Å². The van der Waals surface area contributed by atoms with E-state index in [4.69, 9.17) is 0 Å². The molecule has 1 aromatic heterocycles. The average molecular weight is 266 g/mol. The molecule has 19 heavy (non-hydrogen) atoms. The molecule has 1 N–H and O–H groups in total. The van der Waals surface area contributed by atoms with Crippen molar-refractivity contribution in [3.05, 3.63) is 53.7 Å². The molecular weight excluding hydrogens is 253 g/mol. The summed E-state index contributed by atoms with van der Waals surface area (Å²) in [5.74, 6) is 0. The van der Waals surface area contributed by atoms with Crippen LogP contribution in [0.5, 0.6) is 0 Å². The maximum Gasteiger partial charge on any atom is 0.433 e. The SMILES string of the molecule is CNCc1ccc(-c2cccc(C(F)(F)F)n2)cc1. The topological polar surface area (TPSA) is 24.9 Å². The number of nitrogens with zero attached hydrogens (tertiary/aromatic N) is 1. The first-order valence-electron chi connectivity index (χ1n) is 5.79. The van der Waals surface area contributed by atoms with Gasteiger partial charge in [-0.3, -0.25) is 0 Å². The Bertz CT molecular complexity index is 547. The lowest BCUT2D eigenvalue weighted by atomic mass is 10.1. The first kappa shape index (κ1) is 13.5. The van der Waals surface area contributed by atoms with Crippen molar-refractivity contribution in [2.45, 2.75) is 12.7 Å². The van der Waals surface area contributed by atoms with E-state index in [-0.39, 0.29) is 0 Å². The Morgan fingerprint density at radius 1 is 1.05 bits per heavy atom. The summed E-state index contributed by atoms with van der Waals surface area (Å²) in [5.41, 5.74) is 1.19. The lowest BCUT2D eigenvalue weighted by Crippen LogP contribution is -2.08. The zero-order valence-corrected chi connectivity index (χ0v) is 10.3. The average Bonchev–Trinajstić information content (AvgIpc) is 2.39. The molecule has 0 spiro atoms. The summed E-state index contributed by atoms with van der Waals surface area (Å²) in [4.78, 5) is 3.65. The van der Waals surface area contributed by atoms with Gasteiger partial charge in [0.15, 0.2) is 0 Å². The largest absolute Gasteiger partial charge is 0.433 e. The second-order valence-electron chi connectivity index (χ2n) is 4.13. The highest BCUT2D eigenvalue weighted by Crippen LogP contribution is 2.29. The van der Waals surface area contributed by atoms with Crippen molar-refractivity contribution in [2.75, 3.05) is 7.05 Å². The highest BCUT2D eigenvalue weighted by molar-refractivity contribution is 5.59. The number of hydrogen-bond acceptors (Lipinski definition) is 2. The zero-order valence-electron chi connectivity index (χ0n) is 10.3. The van der Waals surface area contributed by atoms with E-state index in [9.17, 15) is 13.2 Å². The number of hydrogen-bond donors (Lipinski definition) is 1. The van der Waals surface area contributed by atoms with Gasteiger partial charge in [0.1, 0.15) is 5.69 Å². The summed E-state index contributed by atoms with van der Waals surface area (Å²) < 4.78 is 37.7. The van der Waals surface area contributed by atoms with Crippen LogP contribution in [-0.4, -0.2) is 12.0 Å². The van der Waals surface area contributed by atoms with Crippen LogP contribution in [-0.2, 0) is 12.7 Å². The molecule has 2 nitrogen and oxygen atoms in total. The molecule has 0 aliphatic heterocycles. The molecular formula is C14H13F3N2. The molecule has 1 aromatic carbocycles. The smallest absolute Gasteiger partial charge is 0.316 e. The van der Waals surface area contributed by atoms with Crippen LogP contribution in [0.4, 0.5) is 13.2 Å². The van der Waals surface area contributed by atoms with Crippen LogP contribution in [0.25, 0.3) is 11.3 Å². The van der Waals surface area contributed by atoms with Gasteiger partial charge in [-0.05, 0) is 24.7 Å². The van der Waals surface area contributed by atoms with Crippen molar-refractivity contribution in [1.29, 1.82) is 0 Å². The number of benzene rings is 1. The number of alkyl halides is 3. The van der Waals surface area contributed by atoms with Gasteiger partial charge in [0.2, 0.25) is 0 Å². The minimum Gasteiger partial charge on any atom is -0.316 e. The Hall–Kier alpha value is -1.88. The monoisotopic (exact) mass is 266 g/mol. The van der Waals surface area contributed by atoms with Crippen molar-refractivity contribution in [3.8, 4) is 11.3 Å². The Balaban J connectivity index is 2.31. The molecule has 2 aromatic rings. The zero-order chi connectivity index (χ0) is 13.9.